The van der Waals surface area contributed by atoms with Crippen molar-refractivity contribution in [3.05, 3.63) is 53.1 Å². The van der Waals surface area contributed by atoms with E-state index in [2.05, 4.69) is 29.4 Å². The number of hydrogen-bond acceptors (Lipinski definition) is 2. The van der Waals surface area contributed by atoms with Crippen LogP contribution < -0.4 is 5.32 Å². The van der Waals surface area contributed by atoms with Crippen molar-refractivity contribution in [2.75, 3.05) is 0 Å². The summed E-state index contributed by atoms with van der Waals surface area (Å²) in [4.78, 5) is 4.25. The molecule has 4 heteroatoms. The maximum atomic E-state index is 5.93. The van der Waals surface area contributed by atoms with Crippen molar-refractivity contribution < 1.29 is 0 Å². The SMILES string of the molecule is CC(NCc1ncc(Cl)n1C)c1ccccc1. The molecule has 0 aliphatic rings. The summed E-state index contributed by atoms with van der Waals surface area (Å²) < 4.78 is 1.88. The summed E-state index contributed by atoms with van der Waals surface area (Å²) in [5.41, 5.74) is 1.27. The van der Waals surface area contributed by atoms with E-state index >= 15 is 0 Å². The minimum absolute atomic E-state index is 0.298. The number of nitrogens with zero attached hydrogens (tertiary/aromatic N) is 2. The highest BCUT2D eigenvalue weighted by Crippen LogP contribution is 2.13. The molecule has 0 bridgehead atoms. The maximum absolute atomic E-state index is 5.93. The summed E-state index contributed by atoms with van der Waals surface area (Å²) >= 11 is 5.93. The molecule has 2 rings (SSSR count). The highest BCUT2D eigenvalue weighted by Gasteiger charge is 2.07. The Morgan fingerprint density at radius 2 is 2.06 bits per heavy atom. The smallest absolute Gasteiger partial charge is 0.128 e. The van der Waals surface area contributed by atoms with E-state index < -0.39 is 0 Å². The molecule has 1 atom stereocenters. The van der Waals surface area contributed by atoms with Gasteiger partial charge in [0.25, 0.3) is 0 Å². The van der Waals surface area contributed by atoms with Crippen LogP contribution in [0.15, 0.2) is 36.5 Å². The molecule has 1 unspecified atom stereocenters. The summed E-state index contributed by atoms with van der Waals surface area (Å²) in [5, 5.41) is 4.09. The van der Waals surface area contributed by atoms with Gasteiger partial charge in [-0.3, -0.25) is 0 Å². The zero-order valence-corrected chi connectivity index (χ0v) is 10.8. The summed E-state index contributed by atoms with van der Waals surface area (Å²) in [6.45, 7) is 2.85. The Labute approximate surface area is 106 Å². The first kappa shape index (κ1) is 12.1. The highest BCUT2D eigenvalue weighted by molar-refractivity contribution is 6.29. The molecule has 2 aromatic rings. The van der Waals surface area contributed by atoms with Crippen LogP contribution >= 0.6 is 11.6 Å². The largest absolute Gasteiger partial charge is 0.321 e. The zero-order valence-electron chi connectivity index (χ0n) is 10.0. The predicted octanol–water partition coefficient (Wildman–Crippen LogP) is 2.92. The van der Waals surface area contributed by atoms with Crippen LogP contribution in [0.4, 0.5) is 0 Å². The number of hydrogen-bond donors (Lipinski definition) is 1. The van der Waals surface area contributed by atoms with E-state index in [4.69, 9.17) is 11.6 Å². The molecule has 0 amide bonds. The lowest BCUT2D eigenvalue weighted by Gasteiger charge is -2.13. The van der Waals surface area contributed by atoms with Crippen molar-refractivity contribution in [2.45, 2.75) is 19.5 Å². The van der Waals surface area contributed by atoms with Gasteiger partial charge in [-0.1, -0.05) is 41.9 Å². The van der Waals surface area contributed by atoms with E-state index in [0.29, 0.717) is 17.7 Å². The standard InChI is InChI=1S/C13H16ClN3/c1-10(11-6-4-3-5-7-11)15-9-13-16-8-12(14)17(13)2/h3-8,10,15H,9H2,1-2H3. The molecule has 1 aromatic heterocycles. The van der Waals surface area contributed by atoms with Gasteiger partial charge in [-0.05, 0) is 12.5 Å². The van der Waals surface area contributed by atoms with Gasteiger partial charge in [-0.2, -0.15) is 0 Å². The second kappa shape index (κ2) is 5.34. The van der Waals surface area contributed by atoms with E-state index in [-0.39, 0.29) is 0 Å². The van der Waals surface area contributed by atoms with E-state index in [1.165, 1.54) is 5.56 Å². The molecule has 0 saturated carbocycles. The number of rotatable bonds is 4. The van der Waals surface area contributed by atoms with Gasteiger partial charge in [0.2, 0.25) is 0 Å². The fraction of sp³-hybridized carbons (Fsp3) is 0.308. The van der Waals surface area contributed by atoms with Gasteiger partial charge in [0.05, 0.1) is 12.7 Å². The summed E-state index contributed by atoms with van der Waals surface area (Å²) in [5.74, 6) is 0.942. The van der Waals surface area contributed by atoms with Crippen LogP contribution in [0.1, 0.15) is 24.4 Å². The average Bonchev–Trinajstić information content (AvgIpc) is 2.68. The zero-order chi connectivity index (χ0) is 12.3. The third kappa shape index (κ3) is 2.87. The Balaban J connectivity index is 1.97. The third-order valence-electron chi connectivity index (χ3n) is 2.89. The fourth-order valence-corrected chi connectivity index (χ4v) is 1.84. The number of imidazole rings is 1. The molecule has 0 aliphatic heterocycles. The van der Waals surface area contributed by atoms with Crippen molar-refractivity contribution in [1.82, 2.24) is 14.9 Å². The molecule has 3 nitrogen and oxygen atoms in total. The molecule has 0 aliphatic carbocycles. The van der Waals surface area contributed by atoms with Crippen LogP contribution in [-0.2, 0) is 13.6 Å². The van der Waals surface area contributed by atoms with Crippen molar-refractivity contribution in [3.8, 4) is 0 Å². The first-order valence-electron chi connectivity index (χ1n) is 5.63. The van der Waals surface area contributed by atoms with Gasteiger partial charge in [0.1, 0.15) is 11.0 Å². The van der Waals surface area contributed by atoms with Crippen molar-refractivity contribution in [3.63, 3.8) is 0 Å². The third-order valence-corrected chi connectivity index (χ3v) is 3.24. The lowest BCUT2D eigenvalue weighted by atomic mass is 10.1. The van der Waals surface area contributed by atoms with Gasteiger partial charge in [-0.25, -0.2) is 4.98 Å². The highest BCUT2D eigenvalue weighted by atomic mass is 35.5. The van der Waals surface area contributed by atoms with Gasteiger partial charge >= 0.3 is 0 Å². The number of benzene rings is 1. The molecule has 90 valence electrons. The Morgan fingerprint density at radius 3 is 2.65 bits per heavy atom. The van der Waals surface area contributed by atoms with Crippen LogP contribution in [0.5, 0.6) is 0 Å². The lowest BCUT2D eigenvalue weighted by molar-refractivity contribution is 0.549. The quantitative estimate of drug-likeness (QED) is 0.903. The summed E-state index contributed by atoms with van der Waals surface area (Å²) in [6.07, 6.45) is 1.67. The predicted molar refractivity (Wildman–Crippen MR) is 69.9 cm³/mol. The molecule has 0 spiro atoms. The first-order chi connectivity index (χ1) is 8.18. The van der Waals surface area contributed by atoms with Crippen molar-refractivity contribution in [2.24, 2.45) is 7.05 Å². The minimum atomic E-state index is 0.298. The van der Waals surface area contributed by atoms with Gasteiger partial charge in [0, 0.05) is 13.1 Å². The van der Waals surface area contributed by atoms with Gasteiger partial charge in [0.15, 0.2) is 0 Å². The van der Waals surface area contributed by atoms with Crippen LogP contribution in [0.2, 0.25) is 5.15 Å². The molecule has 0 radical (unpaired) electrons. The Bertz CT molecular complexity index is 479. The van der Waals surface area contributed by atoms with E-state index in [1.807, 2.05) is 29.8 Å². The Hall–Kier alpha value is -1.32. The molecular weight excluding hydrogens is 234 g/mol. The molecule has 0 saturated heterocycles. The lowest BCUT2D eigenvalue weighted by Crippen LogP contribution is -2.20. The molecule has 1 heterocycles. The maximum Gasteiger partial charge on any atom is 0.128 e. The summed E-state index contributed by atoms with van der Waals surface area (Å²) in [7, 11) is 1.92. The Kier molecular flexibility index (Phi) is 3.82. The van der Waals surface area contributed by atoms with Gasteiger partial charge in [-0.15, -0.1) is 0 Å². The normalized spacial score (nSPS) is 12.6. The fourth-order valence-electron chi connectivity index (χ4n) is 1.69. The summed E-state index contributed by atoms with van der Waals surface area (Å²) in [6, 6.07) is 10.6. The monoisotopic (exact) mass is 249 g/mol. The van der Waals surface area contributed by atoms with E-state index in [9.17, 15) is 0 Å². The molecule has 0 fully saturated rings. The van der Waals surface area contributed by atoms with Gasteiger partial charge < -0.3 is 9.88 Å². The average molecular weight is 250 g/mol. The number of halogens is 1. The van der Waals surface area contributed by atoms with Crippen molar-refractivity contribution >= 4 is 11.6 Å². The van der Waals surface area contributed by atoms with Crippen LogP contribution in [-0.4, -0.2) is 9.55 Å². The minimum Gasteiger partial charge on any atom is -0.321 e. The van der Waals surface area contributed by atoms with Crippen LogP contribution in [0, 0.1) is 0 Å². The molecular formula is C13H16ClN3. The second-order valence-corrected chi connectivity index (χ2v) is 4.46. The first-order valence-corrected chi connectivity index (χ1v) is 6.00. The van der Waals surface area contributed by atoms with Crippen LogP contribution in [0.25, 0.3) is 0 Å². The van der Waals surface area contributed by atoms with Crippen molar-refractivity contribution in [1.29, 1.82) is 0 Å². The van der Waals surface area contributed by atoms with E-state index in [0.717, 1.165) is 5.82 Å². The Morgan fingerprint density at radius 1 is 1.35 bits per heavy atom. The van der Waals surface area contributed by atoms with E-state index in [1.54, 1.807) is 6.20 Å². The molecule has 1 aromatic carbocycles. The second-order valence-electron chi connectivity index (χ2n) is 4.07. The topological polar surface area (TPSA) is 29.9 Å². The van der Waals surface area contributed by atoms with Crippen LogP contribution in [0.3, 0.4) is 0 Å². The number of nitrogens with one attached hydrogen (secondary N) is 1. The molecule has 1 N–H and O–H groups in total. The number of aromatic nitrogens is 2. The molecule has 17 heavy (non-hydrogen) atoms.